The number of benzene rings is 3. The van der Waals surface area contributed by atoms with Gasteiger partial charge in [-0.2, -0.15) is 0 Å². The standard InChI is InChI=1S/C32H33N5O2/c1-36-14-16-37(17-15-36)28-10-2-22(3-11-28)20-34-31(38)24-6-4-23(5-7-24)29-19-30(29)32(39)35-27-9-8-26-21-33-13-12-25(26)18-27/h2-13,18,21,29-30H,14-17,19-20H2,1H3,(H,34,38)(H,35,39)/t29-,30+/m0/s1. The van der Waals surface area contributed by atoms with Crippen molar-refractivity contribution >= 4 is 34.0 Å². The zero-order valence-electron chi connectivity index (χ0n) is 22.1. The van der Waals surface area contributed by atoms with Crippen molar-refractivity contribution in [3.8, 4) is 0 Å². The van der Waals surface area contributed by atoms with Crippen LogP contribution in [0.1, 0.15) is 33.8 Å². The minimum atomic E-state index is -0.0960. The fraction of sp³-hybridized carbons (Fsp3) is 0.281. The molecule has 1 aliphatic carbocycles. The third kappa shape index (κ3) is 5.78. The van der Waals surface area contributed by atoms with Crippen molar-refractivity contribution in [1.82, 2.24) is 15.2 Å². The van der Waals surface area contributed by atoms with Crippen LogP contribution >= 0.6 is 0 Å². The van der Waals surface area contributed by atoms with Gasteiger partial charge in [0.1, 0.15) is 0 Å². The Morgan fingerprint density at radius 2 is 1.67 bits per heavy atom. The predicted octanol–water partition coefficient (Wildman–Crippen LogP) is 4.66. The molecule has 1 aliphatic heterocycles. The highest BCUT2D eigenvalue weighted by Gasteiger charge is 2.43. The van der Waals surface area contributed by atoms with Gasteiger partial charge in [0.2, 0.25) is 5.91 Å². The van der Waals surface area contributed by atoms with Crippen molar-refractivity contribution in [2.45, 2.75) is 18.9 Å². The van der Waals surface area contributed by atoms with Crippen LogP contribution in [-0.4, -0.2) is 54.9 Å². The lowest BCUT2D eigenvalue weighted by molar-refractivity contribution is -0.117. The van der Waals surface area contributed by atoms with Crippen LogP contribution in [-0.2, 0) is 11.3 Å². The Hall–Kier alpha value is -4.23. The summed E-state index contributed by atoms with van der Waals surface area (Å²) in [4.78, 5) is 34.4. The molecule has 6 rings (SSSR count). The zero-order valence-corrected chi connectivity index (χ0v) is 22.1. The highest BCUT2D eigenvalue weighted by molar-refractivity contribution is 5.97. The second kappa shape index (κ2) is 10.9. The summed E-state index contributed by atoms with van der Waals surface area (Å²) in [7, 11) is 2.16. The number of anilines is 2. The number of rotatable bonds is 7. The SMILES string of the molecule is CN1CCN(c2ccc(CNC(=O)c3ccc([C@@H]4C[C@H]4C(=O)Nc4ccc5cnccc5c4)cc3)cc2)CC1. The van der Waals surface area contributed by atoms with Gasteiger partial charge < -0.3 is 20.4 Å². The number of aromatic nitrogens is 1. The Balaban J connectivity index is 0.992. The average Bonchev–Trinajstić information content (AvgIpc) is 3.78. The van der Waals surface area contributed by atoms with Gasteiger partial charge in [0.05, 0.1) is 0 Å². The minimum Gasteiger partial charge on any atom is -0.369 e. The van der Waals surface area contributed by atoms with Crippen molar-refractivity contribution < 1.29 is 9.59 Å². The molecule has 1 aromatic heterocycles. The summed E-state index contributed by atoms with van der Waals surface area (Å²) in [5.74, 6) is 0.0763. The van der Waals surface area contributed by atoms with E-state index in [9.17, 15) is 9.59 Å². The highest BCUT2D eigenvalue weighted by Crippen LogP contribution is 2.48. The summed E-state index contributed by atoms with van der Waals surface area (Å²) in [6.07, 6.45) is 4.38. The van der Waals surface area contributed by atoms with Crippen LogP contribution in [0.3, 0.4) is 0 Å². The third-order valence-electron chi connectivity index (χ3n) is 7.89. The Labute approximate surface area is 228 Å². The van der Waals surface area contributed by atoms with Gasteiger partial charge in [-0.3, -0.25) is 14.6 Å². The van der Waals surface area contributed by atoms with Gasteiger partial charge in [0, 0.05) is 73.4 Å². The number of nitrogens with one attached hydrogen (secondary N) is 2. The smallest absolute Gasteiger partial charge is 0.251 e. The molecule has 7 nitrogen and oxygen atoms in total. The molecule has 2 N–H and O–H groups in total. The molecule has 7 heteroatoms. The number of carbonyl (C=O) groups is 2. The summed E-state index contributed by atoms with van der Waals surface area (Å²) >= 11 is 0. The molecule has 198 valence electrons. The number of amides is 2. The summed E-state index contributed by atoms with van der Waals surface area (Å²) in [5.41, 5.74) is 4.82. The molecule has 39 heavy (non-hydrogen) atoms. The number of nitrogens with zero attached hydrogens (tertiary/aromatic N) is 3. The number of hydrogen-bond donors (Lipinski definition) is 2. The molecule has 1 saturated heterocycles. The van der Waals surface area contributed by atoms with E-state index in [1.54, 1.807) is 6.20 Å². The molecule has 2 heterocycles. The van der Waals surface area contributed by atoms with E-state index in [0.29, 0.717) is 12.1 Å². The topological polar surface area (TPSA) is 77.6 Å². The molecule has 2 aliphatic rings. The van der Waals surface area contributed by atoms with Crippen LogP contribution in [0.4, 0.5) is 11.4 Å². The molecular weight excluding hydrogens is 486 g/mol. The molecular formula is C32H33N5O2. The van der Waals surface area contributed by atoms with E-state index in [1.807, 2.05) is 54.7 Å². The third-order valence-corrected chi connectivity index (χ3v) is 7.89. The Bertz CT molecular complexity index is 1480. The quantitative estimate of drug-likeness (QED) is 0.372. The van der Waals surface area contributed by atoms with Gasteiger partial charge in [0.25, 0.3) is 5.91 Å². The molecule has 0 unspecified atom stereocenters. The van der Waals surface area contributed by atoms with Crippen LogP contribution in [0.5, 0.6) is 0 Å². The first-order valence-corrected chi connectivity index (χ1v) is 13.6. The number of likely N-dealkylation sites (N-methyl/N-ethyl adjacent to an activating group) is 1. The van der Waals surface area contributed by atoms with Gasteiger partial charge in [-0.05, 0) is 78.4 Å². The number of hydrogen-bond acceptors (Lipinski definition) is 5. The second-order valence-corrected chi connectivity index (χ2v) is 10.6. The molecule has 0 bridgehead atoms. The van der Waals surface area contributed by atoms with E-state index in [0.717, 1.165) is 60.2 Å². The largest absolute Gasteiger partial charge is 0.369 e. The van der Waals surface area contributed by atoms with E-state index >= 15 is 0 Å². The monoisotopic (exact) mass is 519 g/mol. The van der Waals surface area contributed by atoms with Crippen LogP contribution in [0.25, 0.3) is 10.8 Å². The summed E-state index contributed by atoms with van der Waals surface area (Å²) in [5, 5.41) is 8.17. The molecule has 1 saturated carbocycles. The highest BCUT2D eigenvalue weighted by atomic mass is 16.2. The first-order chi connectivity index (χ1) is 19.0. The molecule has 0 radical (unpaired) electrons. The molecule has 0 spiro atoms. The van der Waals surface area contributed by atoms with Crippen molar-refractivity contribution in [1.29, 1.82) is 0 Å². The van der Waals surface area contributed by atoms with Crippen molar-refractivity contribution in [2.24, 2.45) is 5.92 Å². The fourth-order valence-electron chi connectivity index (χ4n) is 5.30. The van der Waals surface area contributed by atoms with Crippen LogP contribution in [0.2, 0.25) is 0 Å². The maximum atomic E-state index is 12.8. The average molecular weight is 520 g/mol. The van der Waals surface area contributed by atoms with E-state index in [4.69, 9.17) is 0 Å². The van der Waals surface area contributed by atoms with Gasteiger partial charge in [-0.1, -0.05) is 30.3 Å². The summed E-state index contributed by atoms with van der Waals surface area (Å²) in [6, 6.07) is 23.9. The first kappa shape index (κ1) is 25.1. The minimum absolute atomic E-state index is 0.0360. The lowest BCUT2D eigenvalue weighted by atomic mass is 10.1. The van der Waals surface area contributed by atoms with E-state index in [2.05, 4.69) is 56.7 Å². The number of piperazine rings is 1. The van der Waals surface area contributed by atoms with E-state index < -0.39 is 0 Å². The number of carbonyl (C=O) groups excluding carboxylic acids is 2. The predicted molar refractivity (Wildman–Crippen MR) is 155 cm³/mol. The molecule has 2 amide bonds. The second-order valence-electron chi connectivity index (χ2n) is 10.6. The summed E-state index contributed by atoms with van der Waals surface area (Å²) < 4.78 is 0. The van der Waals surface area contributed by atoms with Crippen LogP contribution in [0, 0.1) is 5.92 Å². The molecule has 3 aromatic carbocycles. The van der Waals surface area contributed by atoms with Crippen molar-refractivity contribution in [3.63, 3.8) is 0 Å². The van der Waals surface area contributed by atoms with Crippen molar-refractivity contribution in [2.75, 3.05) is 43.4 Å². The Kier molecular flexibility index (Phi) is 6.99. The lowest BCUT2D eigenvalue weighted by Gasteiger charge is -2.34. The van der Waals surface area contributed by atoms with Gasteiger partial charge in [-0.25, -0.2) is 0 Å². The summed E-state index contributed by atoms with van der Waals surface area (Å²) in [6.45, 7) is 4.72. The van der Waals surface area contributed by atoms with Gasteiger partial charge >= 0.3 is 0 Å². The van der Waals surface area contributed by atoms with Gasteiger partial charge in [0.15, 0.2) is 0 Å². The molecule has 2 atom stereocenters. The first-order valence-electron chi connectivity index (χ1n) is 13.6. The number of fused-ring (bicyclic) bond motifs is 1. The molecule has 2 fully saturated rings. The Morgan fingerprint density at radius 3 is 2.44 bits per heavy atom. The van der Waals surface area contributed by atoms with E-state index in [1.165, 1.54) is 5.69 Å². The maximum absolute atomic E-state index is 12.8. The zero-order chi connectivity index (χ0) is 26.8. The van der Waals surface area contributed by atoms with Crippen LogP contribution < -0.4 is 15.5 Å². The molecule has 4 aromatic rings. The van der Waals surface area contributed by atoms with Crippen molar-refractivity contribution in [3.05, 3.63) is 102 Å². The fourth-order valence-corrected chi connectivity index (χ4v) is 5.30. The maximum Gasteiger partial charge on any atom is 0.251 e. The number of pyridine rings is 1. The van der Waals surface area contributed by atoms with Gasteiger partial charge in [-0.15, -0.1) is 0 Å². The lowest BCUT2D eigenvalue weighted by Crippen LogP contribution is -2.44. The Morgan fingerprint density at radius 1 is 0.897 bits per heavy atom. The van der Waals surface area contributed by atoms with Crippen LogP contribution in [0.15, 0.2) is 85.2 Å². The van der Waals surface area contributed by atoms with E-state index in [-0.39, 0.29) is 23.7 Å². The normalized spacial score (nSPS) is 19.1.